The van der Waals surface area contributed by atoms with Crippen molar-refractivity contribution in [1.82, 2.24) is 30.8 Å². The molecule has 1 aromatic carbocycles. The molecule has 2 aliphatic heterocycles. The Balaban J connectivity index is 1.54. The molecule has 13 heteroatoms. The molecule has 2 fully saturated rings. The summed E-state index contributed by atoms with van der Waals surface area (Å²) < 4.78 is 0. The van der Waals surface area contributed by atoms with Crippen molar-refractivity contribution >= 4 is 46.9 Å². The van der Waals surface area contributed by atoms with E-state index in [2.05, 4.69) is 15.7 Å². The highest BCUT2D eigenvalue weighted by Gasteiger charge is 2.44. The van der Waals surface area contributed by atoms with Crippen LogP contribution in [0, 0.1) is 0 Å². The number of amides is 5. The number of pyridine rings is 1. The maximum atomic E-state index is 13.4. The minimum atomic E-state index is -1.29. The van der Waals surface area contributed by atoms with Crippen molar-refractivity contribution in [3.05, 3.63) is 42.1 Å². The number of fused-ring (bicyclic) bond motifs is 2. The van der Waals surface area contributed by atoms with Gasteiger partial charge in [-0.25, -0.2) is 24.8 Å². The van der Waals surface area contributed by atoms with E-state index in [9.17, 15) is 28.8 Å². The molecule has 0 bridgehead atoms. The van der Waals surface area contributed by atoms with Crippen LogP contribution in [0.3, 0.4) is 0 Å². The summed E-state index contributed by atoms with van der Waals surface area (Å²) in [5.41, 5.74) is 3.13. The summed E-state index contributed by atoms with van der Waals surface area (Å²) in [6.45, 7) is 0.0584. The predicted molar refractivity (Wildman–Crippen MR) is 123 cm³/mol. The zero-order chi connectivity index (χ0) is 25.8. The molecule has 3 N–H and O–H groups in total. The number of aldehydes is 1. The van der Waals surface area contributed by atoms with Gasteiger partial charge in [0.2, 0.25) is 11.8 Å². The van der Waals surface area contributed by atoms with E-state index < -0.39 is 48.2 Å². The second-order valence-electron chi connectivity index (χ2n) is 8.38. The van der Waals surface area contributed by atoms with Gasteiger partial charge in [-0.15, -0.1) is 0 Å². The molecule has 13 nitrogen and oxygen atoms in total. The maximum absolute atomic E-state index is 13.4. The molecule has 36 heavy (non-hydrogen) atoms. The quantitative estimate of drug-likeness (QED) is 0.452. The van der Waals surface area contributed by atoms with Crippen molar-refractivity contribution in [2.24, 2.45) is 0 Å². The largest absolute Gasteiger partial charge is 0.481 e. The van der Waals surface area contributed by atoms with E-state index in [0.717, 1.165) is 20.4 Å². The number of nitrogens with one attached hydrogen (secondary N) is 2. The number of carboxylic acids is 1. The third-order valence-corrected chi connectivity index (χ3v) is 5.92. The molecule has 2 atom stereocenters. The Morgan fingerprint density at radius 3 is 2.67 bits per heavy atom. The van der Waals surface area contributed by atoms with Gasteiger partial charge >= 0.3 is 12.0 Å². The fourth-order valence-electron chi connectivity index (χ4n) is 4.19. The molecule has 4 rings (SSSR count). The summed E-state index contributed by atoms with van der Waals surface area (Å²) in [6, 6.07) is 7.16. The number of rotatable bonds is 7. The monoisotopic (exact) mass is 496 g/mol. The van der Waals surface area contributed by atoms with Gasteiger partial charge in [0.1, 0.15) is 18.0 Å². The SMILES string of the molecule is O=CC(CC(=O)O)NC(=O)C1CCCN2C(=O)CCN(NC(=O)c3ccc4ccccc4n3)C(=O)N12. The number of aliphatic carboxylic acids is 1. The molecule has 0 spiro atoms. The van der Waals surface area contributed by atoms with E-state index >= 15 is 0 Å². The second kappa shape index (κ2) is 10.4. The lowest BCUT2D eigenvalue weighted by Gasteiger charge is -2.42. The van der Waals surface area contributed by atoms with Crippen LogP contribution in [0.15, 0.2) is 36.4 Å². The summed E-state index contributed by atoms with van der Waals surface area (Å²) in [5, 5.41) is 15.2. The second-order valence-corrected chi connectivity index (χ2v) is 8.38. The number of hydrogen-bond acceptors (Lipinski definition) is 7. The van der Waals surface area contributed by atoms with Gasteiger partial charge < -0.3 is 15.2 Å². The minimum absolute atomic E-state index is 0.0596. The highest BCUT2D eigenvalue weighted by atomic mass is 16.4. The Kier molecular flexibility index (Phi) is 7.08. The molecule has 0 radical (unpaired) electrons. The van der Waals surface area contributed by atoms with E-state index in [1.165, 1.54) is 6.07 Å². The van der Waals surface area contributed by atoms with E-state index in [1.54, 1.807) is 18.2 Å². The Morgan fingerprint density at radius 1 is 1.14 bits per heavy atom. The average Bonchev–Trinajstić information content (AvgIpc) is 2.99. The molecular weight excluding hydrogens is 472 g/mol. The van der Waals surface area contributed by atoms with Crippen molar-refractivity contribution in [1.29, 1.82) is 0 Å². The number of carbonyl (C=O) groups excluding carboxylic acids is 5. The van der Waals surface area contributed by atoms with Crippen molar-refractivity contribution in [2.75, 3.05) is 13.1 Å². The molecule has 3 heterocycles. The highest BCUT2D eigenvalue weighted by Crippen LogP contribution is 2.24. The molecule has 2 unspecified atom stereocenters. The zero-order valence-corrected chi connectivity index (χ0v) is 19.1. The van der Waals surface area contributed by atoms with Gasteiger partial charge in [0, 0.05) is 18.4 Å². The van der Waals surface area contributed by atoms with Crippen LogP contribution in [-0.4, -0.2) is 86.3 Å². The van der Waals surface area contributed by atoms with Crippen molar-refractivity contribution in [3.63, 3.8) is 0 Å². The molecule has 188 valence electrons. The van der Waals surface area contributed by atoms with Crippen LogP contribution in [0.1, 0.15) is 36.2 Å². The number of urea groups is 1. The van der Waals surface area contributed by atoms with Crippen LogP contribution >= 0.6 is 0 Å². The Bertz CT molecular complexity index is 1230. The van der Waals surface area contributed by atoms with Crippen molar-refractivity contribution < 1.29 is 33.9 Å². The molecule has 0 aliphatic carbocycles. The van der Waals surface area contributed by atoms with Gasteiger partial charge in [-0.3, -0.25) is 24.6 Å². The first-order valence-corrected chi connectivity index (χ1v) is 11.3. The topological polar surface area (TPSA) is 169 Å². The van der Waals surface area contributed by atoms with E-state index in [1.807, 2.05) is 12.1 Å². The lowest BCUT2D eigenvalue weighted by molar-refractivity contribution is -0.155. The molecule has 2 saturated heterocycles. The van der Waals surface area contributed by atoms with Crippen LogP contribution < -0.4 is 10.7 Å². The number of carbonyl (C=O) groups is 6. The van der Waals surface area contributed by atoms with Crippen LogP contribution in [0.4, 0.5) is 4.79 Å². The third kappa shape index (κ3) is 5.09. The van der Waals surface area contributed by atoms with Gasteiger partial charge in [0.15, 0.2) is 0 Å². The number of hydrogen-bond donors (Lipinski definition) is 3. The van der Waals surface area contributed by atoms with E-state index in [0.29, 0.717) is 18.2 Å². The van der Waals surface area contributed by atoms with Crippen LogP contribution in [0.5, 0.6) is 0 Å². The Labute approximate surface area is 205 Å². The molecule has 2 aromatic rings. The molecular formula is C23H24N6O7. The van der Waals surface area contributed by atoms with Crippen molar-refractivity contribution in [2.45, 2.75) is 37.8 Å². The van der Waals surface area contributed by atoms with Gasteiger partial charge in [-0.2, -0.15) is 0 Å². The number of carboxylic acid groups (broad SMARTS) is 1. The number of aromatic nitrogens is 1. The summed E-state index contributed by atoms with van der Waals surface area (Å²) in [6.07, 6.45) is 0.155. The third-order valence-electron chi connectivity index (χ3n) is 5.92. The Morgan fingerprint density at radius 2 is 1.92 bits per heavy atom. The van der Waals surface area contributed by atoms with E-state index in [-0.39, 0.29) is 31.6 Å². The summed E-state index contributed by atoms with van der Waals surface area (Å²) in [4.78, 5) is 78.5. The van der Waals surface area contributed by atoms with Gasteiger partial charge in [-0.05, 0) is 25.0 Å². The first-order valence-electron chi connectivity index (χ1n) is 11.3. The van der Waals surface area contributed by atoms with E-state index in [4.69, 9.17) is 5.11 Å². The summed E-state index contributed by atoms with van der Waals surface area (Å²) in [5.74, 6) is -3.15. The van der Waals surface area contributed by atoms with Crippen LogP contribution in [0.25, 0.3) is 10.9 Å². The minimum Gasteiger partial charge on any atom is -0.481 e. The van der Waals surface area contributed by atoms with Crippen molar-refractivity contribution in [3.8, 4) is 0 Å². The summed E-state index contributed by atoms with van der Waals surface area (Å²) in [7, 11) is 0. The van der Waals surface area contributed by atoms with Gasteiger partial charge in [0.25, 0.3) is 5.91 Å². The first kappa shape index (κ1) is 24.6. The number of nitrogens with zero attached hydrogens (tertiary/aromatic N) is 4. The highest BCUT2D eigenvalue weighted by molar-refractivity contribution is 5.97. The van der Waals surface area contributed by atoms with Gasteiger partial charge in [-0.1, -0.05) is 24.3 Å². The number of hydrazine groups is 2. The molecule has 0 saturated carbocycles. The molecule has 5 amide bonds. The first-order chi connectivity index (χ1) is 17.3. The van der Waals surface area contributed by atoms with Crippen LogP contribution in [0.2, 0.25) is 0 Å². The lowest BCUT2D eigenvalue weighted by atomic mass is 10.1. The summed E-state index contributed by atoms with van der Waals surface area (Å²) >= 11 is 0. The normalized spacial score (nSPS) is 18.8. The van der Waals surface area contributed by atoms with Crippen LogP contribution in [-0.2, 0) is 19.2 Å². The fraction of sp³-hybridized carbons (Fsp3) is 0.348. The predicted octanol–water partition coefficient (Wildman–Crippen LogP) is 0.0717. The average molecular weight is 496 g/mol. The molecule has 1 aromatic heterocycles. The maximum Gasteiger partial charge on any atom is 0.358 e. The molecule has 2 aliphatic rings. The zero-order valence-electron chi connectivity index (χ0n) is 19.1. The Hall–Kier alpha value is -4.55. The fourth-order valence-corrected chi connectivity index (χ4v) is 4.19. The number of benzene rings is 1. The van der Waals surface area contributed by atoms with Gasteiger partial charge in [0.05, 0.1) is 24.5 Å². The smallest absolute Gasteiger partial charge is 0.358 e. The number of para-hydroxylation sites is 1. The standard InChI is InChI=1S/C23H24N6O7/c30-13-15(12-20(32)33)24-22(35)18-6-3-10-28-19(31)9-11-27(23(36)29(18)28)26-21(34)17-8-7-14-4-1-2-5-16(14)25-17/h1-2,4-5,7-8,13,15,18H,3,6,9-12H2,(H,24,35)(H,26,34)(H,32,33). The lowest BCUT2D eigenvalue weighted by Crippen LogP contribution is -2.64.